The highest BCUT2D eigenvalue weighted by molar-refractivity contribution is 14.1. The Labute approximate surface area is 190 Å². The van der Waals surface area contributed by atoms with Gasteiger partial charge in [-0.05, 0) is 78.5 Å². The zero-order valence-corrected chi connectivity index (χ0v) is 19.3. The zero-order chi connectivity index (χ0) is 21.7. The van der Waals surface area contributed by atoms with E-state index >= 15 is 0 Å². The molecule has 30 heavy (non-hydrogen) atoms. The predicted octanol–water partition coefficient (Wildman–Crippen LogP) is 4.60. The van der Waals surface area contributed by atoms with Gasteiger partial charge in [0, 0.05) is 19.3 Å². The molecule has 0 aliphatic carbocycles. The van der Waals surface area contributed by atoms with E-state index in [1.165, 1.54) is 0 Å². The van der Waals surface area contributed by atoms with Crippen LogP contribution in [0.1, 0.15) is 54.2 Å². The summed E-state index contributed by atoms with van der Waals surface area (Å²) in [5.74, 6) is -0.316. The summed E-state index contributed by atoms with van der Waals surface area (Å²) < 4.78 is 4.89. The molecule has 2 heterocycles. The van der Waals surface area contributed by atoms with Gasteiger partial charge in [0.25, 0.3) is 5.91 Å². The number of carbonyl (C=O) groups is 2. The Hall–Kier alpha value is -2.20. The molecule has 1 aliphatic rings. The molecule has 0 radical (unpaired) electrons. The van der Waals surface area contributed by atoms with E-state index in [1.54, 1.807) is 17.2 Å². The van der Waals surface area contributed by atoms with Crippen molar-refractivity contribution < 1.29 is 19.5 Å². The SMILES string of the molecule is CC(C)(I)OC(=O)N1CCC(c2ccnc(C(=O)N(O)Cc3ccccc3)c2)CC1. The van der Waals surface area contributed by atoms with E-state index in [4.69, 9.17) is 4.74 Å². The van der Waals surface area contributed by atoms with Gasteiger partial charge in [-0.2, -0.15) is 0 Å². The molecule has 1 aromatic heterocycles. The van der Waals surface area contributed by atoms with Crippen LogP contribution >= 0.6 is 22.6 Å². The summed E-state index contributed by atoms with van der Waals surface area (Å²) in [5, 5.41) is 10.9. The molecule has 1 aromatic carbocycles. The molecule has 2 amide bonds. The van der Waals surface area contributed by atoms with Crippen molar-refractivity contribution in [3.63, 3.8) is 0 Å². The smallest absolute Gasteiger partial charge is 0.411 e. The van der Waals surface area contributed by atoms with Crippen LogP contribution in [0.5, 0.6) is 0 Å². The average molecular weight is 523 g/mol. The van der Waals surface area contributed by atoms with Crippen LogP contribution in [0.15, 0.2) is 48.7 Å². The van der Waals surface area contributed by atoms with E-state index < -0.39 is 9.51 Å². The quantitative estimate of drug-likeness (QED) is 0.268. The Kier molecular flexibility index (Phi) is 7.30. The summed E-state index contributed by atoms with van der Waals surface area (Å²) in [6, 6.07) is 12.9. The molecule has 0 spiro atoms. The first-order valence-electron chi connectivity index (χ1n) is 9.90. The molecule has 0 saturated carbocycles. The maximum atomic E-state index is 12.6. The molecule has 1 N–H and O–H groups in total. The van der Waals surface area contributed by atoms with Crippen LogP contribution in [0.4, 0.5) is 4.79 Å². The second kappa shape index (κ2) is 9.74. The molecule has 2 aromatic rings. The van der Waals surface area contributed by atoms with Crippen LogP contribution in [-0.2, 0) is 11.3 Å². The van der Waals surface area contributed by atoms with Gasteiger partial charge in [0.1, 0.15) is 5.69 Å². The number of rotatable bonds is 5. The number of pyridine rings is 1. The number of carbonyl (C=O) groups excluding carboxylic acids is 2. The molecule has 3 rings (SSSR count). The largest absolute Gasteiger partial charge is 0.433 e. The first-order chi connectivity index (χ1) is 14.2. The lowest BCUT2D eigenvalue weighted by atomic mass is 9.89. The van der Waals surface area contributed by atoms with Crippen LogP contribution in [0, 0.1) is 0 Å². The number of hydrogen-bond donors (Lipinski definition) is 1. The van der Waals surface area contributed by atoms with E-state index in [-0.39, 0.29) is 24.2 Å². The fourth-order valence-corrected chi connectivity index (χ4v) is 3.63. The van der Waals surface area contributed by atoms with E-state index in [9.17, 15) is 14.8 Å². The van der Waals surface area contributed by atoms with Gasteiger partial charge >= 0.3 is 6.09 Å². The summed E-state index contributed by atoms with van der Waals surface area (Å²) in [6.45, 7) is 4.98. The minimum absolute atomic E-state index is 0.0965. The third-order valence-corrected chi connectivity index (χ3v) is 5.19. The number of benzene rings is 1. The van der Waals surface area contributed by atoms with Crippen molar-refractivity contribution in [1.29, 1.82) is 0 Å². The number of aromatic nitrogens is 1. The molecule has 1 aliphatic heterocycles. The van der Waals surface area contributed by atoms with Crippen LogP contribution in [0.3, 0.4) is 0 Å². The number of nitrogens with zero attached hydrogens (tertiary/aromatic N) is 3. The van der Waals surface area contributed by atoms with Gasteiger partial charge in [0.2, 0.25) is 0 Å². The third-order valence-electron chi connectivity index (χ3n) is 4.97. The number of alkyl halides is 1. The molecule has 0 unspecified atom stereocenters. The van der Waals surface area contributed by atoms with Gasteiger partial charge in [-0.25, -0.2) is 9.86 Å². The Morgan fingerprint density at radius 3 is 2.53 bits per heavy atom. The van der Waals surface area contributed by atoms with Gasteiger partial charge in [-0.15, -0.1) is 0 Å². The summed E-state index contributed by atoms with van der Waals surface area (Å²) in [6.07, 6.45) is 2.86. The Bertz CT molecular complexity index is 877. The fraction of sp³-hybridized carbons (Fsp3) is 0.409. The second-order valence-corrected chi connectivity index (χ2v) is 10.4. The van der Waals surface area contributed by atoms with Gasteiger partial charge in [-0.3, -0.25) is 15.0 Å². The molecule has 8 heteroatoms. The minimum Gasteiger partial charge on any atom is -0.433 e. The molecular weight excluding hydrogens is 497 g/mol. The first kappa shape index (κ1) is 22.5. The number of halogens is 1. The van der Waals surface area contributed by atoms with Crippen LogP contribution in [0.2, 0.25) is 0 Å². The summed E-state index contributed by atoms with van der Waals surface area (Å²) in [5.41, 5.74) is 2.03. The fourth-order valence-electron chi connectivity index (χ4n) is 3.45. The van der Waals surface area contributed by atoms with Crippen LogP contribution in [0.25, 0.3) is 0 Å². The lowest BCUT2D eigenvalue weighted by molar-refractivity contribution is -0.0652. The minimum atomic E-state index is -0.540. The summed E-state index contributed by atoms with van der Waals surface area (Å²) in [7, 11) is 0. The summed E-state index contributed by atoms with van der Waals surface area (Å²) >= 11 is 2.09. The maximum Gasteiger partial charge on any atom is 0.411 e. The number of amides is 2. The molecule has 0 bridgehead atoms. The van der Waals surface area contributed by atoms with Crippen molar-refractivity contribution in [3.05, 3.63) is 65.5 Å². The van der Waals surface area contributed by atoms with E-state index in [2.05, 4.69) is 27.6 Å². The lowest BCUT2D eigenvalue weighted by Crippen LogP contribution is -2.40. The van der Waals surface area contributed by atoms with Crippen molar-refractivity contribution in [2.45, 2.75) is 42.8 Å². The number of hydroxylamine groups is 2. The summed E-state index contributed by atoms with van der Waals surface area (Å²) in [4.78, 5) is 30.7. The van der Waals surface area contributed by atoms with Crippen molar-refractivity contribution in [3.8, 4) is 0 Å². The Morgan fingerprint density at radius 1 is 1.23 bits per heavy atom. The molecule has 160 valence electrons. The highest BCUT2D eigenvalue weighted by Crippen LogP contribution is 2.29. The Balaban J connectivity index is 1.60. The van der Waals surface area contributed by atoms with E-state index in [0.29, 0.717) is 18.2 Å². The van der Waals surface area contributed by atoms with Gasteiger partial charge in [-0.1, -0.05) is 30.3 Å². The number of hydrogen-bond acceptors (Lipinski definition) is 5. The molecule has 0 atom stereocenters. The van der Waals surface area contributed by atoms with Crippen molar-refractivity contribution in [2.24, 2.45) is 0 Å². The third kappa shape index (κ3) is 6.15. The molecule has 7 nitrogen and oxygen atoms in total. The van der Waals surface area contributed by atoms with Gasteiger partial charge in [0.15, 0.2) is 3.61 Å². The van der Waals surface area contributed by atoms with Gasteiger partial charge in [0.05, 0.1) is 6.54 Å². The van der Waals surface area contributed by atoms with Crippen molar-refractivity contribution in [1.82, 2.24) is 14.9 Å². The number of piperidine rings is 1. The maximum absolute atomic E-state index is 12.6. The van der Waals surface area contributed by atoms with E-state index in [1.807, 2.05) is 50.2 Å². The van der Waals surface area contributed by atoms with Crippen molar-refractivity contribution >= 4 is 34.6 Å². The highest BCUT2D eigenvalue weighted by atomic mass is 127. The number of ether oxygens (including phenoxy) is 1. The lowest BCUT2D eigenvalue weighted by Gasteiger charge is -2.33. The number of likely N-dealkylation sites (tertiary alicyclic amines) is 1. The Morgan fingerprint density at radius 2 is 1.90 bits per heavy atom. The highest BCUT2D eigenvalue weighted by Gasteiger charge is 2.28. The predicted molar refractivity (Wildman–Crippen MR) is 120 cm³/mol. The normalized spacial score (nSPS) is 15.0. The van der Waals surface area contributed by atoms with Crippen LogP contribution < -0.4 is 0 Å². The van der Waals surface area contributed by atoms with Crippen molar-refractivity contribution in [2.75, 3.05) is 13.1 Å². The molecule has 1 saturated heterocycles. The second-order valence-electron chi connectivity index (χ2n) is 7.82. The topological polar surface area (TPSA) is 83.0 Å². The van der Waals surface area contributed by atoms with Gasteiger partial charge < -0.3 is 9.64 Å². The standard InChI is InChI=1S/C22H26IN3O4/c1-22(2,23)30-21(28)25-12-9-17(10-13-25)18-8-11-24-19(14-18)20(27)26(29)15-16-6-4-3-5-7-16/h3-8,11,14,17,29H,9-10,12-13,15H2,1-2H3. The average Bonchev–Trinajstić information content (AvgIpc) is 2.73. The molecular formula is C22H26IN3O4. The molecule has 1 fully saturated rings. The zero-order valence-electron chi connectivity index (χ0n) is 17.1. The monoisotopic (exact) mass is 523 g/mol. The first-order valence-corrected chi connectivity index (χ1v) is 11.0. The van der Waals surface area contributed by atoms with E-state index in [0.717, 1.165) is 24.0 Å². The van der Waals surface area contributed by atoms with Crippen LogP contribution in [-0.4, -0.2) is 48.9 Å².